The molecular weight excluding hydrogens is 411 g/mol. The second-order valence-electron chi connectivity index (χ2n) is 8.90. The summed E-state index contributed by atoms with van der Waals surface area (Å²) < 4.78 is 14.9. The zero-order chi connectivity index (χ0) is 23.1. The Kier molecular flexibility index (Phi) is 8.75. The molecule has 0 spiro atoms. The van der Waals surface area contributed by atoms with Gasteiger partial charge in [0.25, 0.3) is 5.91 Å². The fraction of sp³-hybridized carbons (Fsp3) is 0.625. The predicted octanol–water partition coefficient (Wildman–Crippen LogP) is 2.20. The lowest BCUT2D eigenvalue weighted by Crippen LogP contribution is -2.49. The Morgan fingerprint density at radius 3 is 2.50 bits per heavy atom. The minimum Gasteiger partial charge on any atom is -0.367 e. The number of nitrogens with one attached hydrogen (secondary N) is 1. The second-order valence-corrected chi connectivity index (χ2v) is 8.90. The highest BCUT2D eigenvalue weighted by Gasteiger charge is 2.27. The number of hydrogen-bond donors (Lipinski definition) is 1. The Hall–Kier alpha value is -2.32. The van der Waals surface area contributed by atoms with Crippen molar-refractivity contribution in [3.8, 4) is 0 Å². The number of anilines is 1. The van der Waals surface area contributed by atoms with Crippen LogP contribution >= 0.6 is 0 Å². The fourth-order valence-corrected chi connectivity index (χ4v) is 4.69. The van der Waals surface area contributed by atoms with Crippen LogP contribution in [-0.4, -0.2) is 87.2 Å². The number of benzene rings is 1. The standard InChI is InChI=1S/C24H35FN4O3/c1-3-4-20(17-31)27(2)24(32)21-14-23(22(25)13-19(21)16-30)29-11-9-28(10-12-29)15-18-5-7-26-8-6-18/h13-14,16-18,20,26H,3-12,15H2,1-2H3. The summed E-state index contributed by atoms with van der Waals surface area (Å²) >= 11 is 0. The second kappa shape index (κ2) is 11.5. The van der Waals surface area contributed by atoms with Gasteiger partial charge in [0.05, 0.1) is 17.3 Å². The molecule has 1 N–H and O–H groups in total. The maximum atomic E-state index is 14.9. The molecule has 2 aliphatic heterocycles. The average molecular weight is 447 g/mol. The Balaban J connectivity index is 1.73. The molecule has 32 heavy (non-hydrogen) atoms. The van der Waals surface area contributed by atoms with E-state index in [2.05, 4.69) is 10.2 Å². The molecule has 1 aromatic carbocycles. The molecule has 1 amide bonds. The summed E-state index contributed by atoms with van der Waals surface area (Å²) in [5.41, 5.74) is 0.486. The third-order valence-corrected chi connectivity index (χ3v) is 6.72. The predicted molar refractivity (Wildman–Crippen MR) is 123 cm³/mol. The number of piperidine rings is 1. The van der Waals surface area contributed by atoms with Crippen molar-refractivity contribution in [1.29, 1.82) is 0 Å². The average Bonchev–Trinajstić information content (AvgIpc) is 2.82. The summed E-state index contributed by atoms with van der Waals surface area (Å²) in [7, 11) is 1.55. The van der Waals surface area contributed by atoms with Crippen molar-refractivity contribution < 1.29 is 18.8 Å². The van der Waals surface area contributed by atoms with E-state index in [4.69, 9.17) is 0 Å². The van der Waals surface area contributed by atoms with Crippen LogP contribution in [0.3, 0.4) is 0 Å². The van der Waals surface area contributed by atoms with Gasteiger partial charge in [-0.05, 0) is 50.4 Å². The third-order valence-electron chi connectivity index (χ3n) is 6.72. The summed E-state index contributed by atoms with van der Waals surface area (Å²) in [5, 5.41) is 3.39. The molecule has 2 heterocycles. The lowest BCUT2D eigenvalue weighted by Gasteiger charge is -2.38. The molecule has 0 radical (unpaired) electrons. The molecule has 1 unspecified atom stereocenters. The Morgan fingerprint density at radius 2 is 1.91 bits per heavy atom. The monoisotopic (exact) mass is 446 g/mol. The first-order valence-electron chi connectivity index (χ1n) is 11.7. The number of piperazine rings is 1. The molecule has 176 valence electrons. The molecule has 1 atom stereocenters. The number of amides is 1. The number of halogens is 1. The molecule has 2 saturated heterocycles. The van der Waals surface area contributed by atoms with Gasteiger partial charge in [-0.25, -0.2) is 4.39 Å². The maximum Gasteiger partial charge on any atom is 0.255 e. The number of nitrogens with zero attached hydrogens (tertiary/aromatic N) is 3. The Bertz CT molecular complexity index is 805. The van der Waals surface area contributed by atoms with Gasteiger partial charge in [0.2, 0.25) is 0 Å². The number of hydrogen-bond acceptors (Lipinski definition) is 6. The van der Waals surface area contributed by atoms with Crippen molar-refractivity contribution in [3.05, 3.63) is 29.1 Å². The van der Waals surface area contributed by atoms with Crippen LogP contribution in [0, 0.1) is 11.7 Å². The SMILES string of the molecule is CCCC(C=O)N(C)C(=O)c1cc(N2CCN(CC3CCNCC3)CC2)c(F)cc1C=O. The van der Waals surface area contributed by atoms with Gasteiger partial charge in [-0.1, -0.05) is 13.3 Å². The van der Waals surface area contributed by atoms with E-state index in [1.165, 1.54) is 23.8 Å². The highest BCUT2D eigenvalue weighted by molar-refractivity contribution is 6.03. The summed E-state index contributed by atoms with van der Waals surface area (Å²) in [6.07, 6.45) is 4.92. The molecular formula is C24H35FN4O3. The minimum atomic E-state index is -0.570. The van der Waals surface area contributed by atoms with Gasteiger partial charge in [0.1, 0.15) is 12.1 Å². The molecule has 7 nitrogen and oxygen atoms in total. The van der Waals surface area contributed by atoms with Gasteiger partial charge in [-0.3, -0.25) is 14.5 Å². The van der Waals surface area contributed by atoms with Crippen molar-refractivity contribution in [1.82, 2.24) is 15.1 Å². The van der Waals surface area contributed by atoms with Crippen molar-refractivity contribution in [2.24, 2.45) is 5.92 Å². The van der Waals surface area contributed by atoms with Gasteiger partial charge in [0.15, 0.2) is 6.29 Å². The van der Waals surface area contributed by atoms with Crippen LogP contribution < -0.4 is 10.2 Å². The normalized spacial score (nSPS) is 18.9. The van der Waals surface area contributed by atoms with Crippen LogP contribution in [0.1, 0.15) is 53.3 Å². The topological polar surface area (TPSA) is 73.0 Å². The van der Waals surface area contributed by atoms with Gasteiger partial charge >= 0.3 is 0 Å². The van der Waals surface area contributed by atoms with E-state index in [0.29, 0.717) is 37.4 Å². The first-order chi connectivity index (χ1) is 15.5. The molecule has 8 heteroatoms. The van der Waals surface area contributed by atoms with Crippen molar-refractivity contribution in [2.75, 3.05) is 57.8 Å². The smallest absolute Gasteiger partial charge is 0.255 e. The first kappa shape index (κ1) is 24.3. The van der Waals surface area contributed by atoms with E-state index < -0.39 is 17.8 Å². The first-order valence-corrected chi connectivity index (χ1v) is 11.7. The van der Waals surface area contributed by atoms with Crippen molar-refractivity contribution >= 4 is 24.2 Å². The molecule has 2 fully saturated rings. The largest absolute Gasteiger partial charge is 0.367 e. The lowest BCUT2D eigenvalue weighted by atomic mass is 9.97. The molecule has 0 aliphatic carbocycles. The van der Waals surface area contributed by atoms with Crippen LogP contribution in [-0.2, 0) is 4.79 Å². The van der Waals surface area contributed by atoms with E-state index in [1.807, 2.05) is 11.8 Å². The maximum absolute atomic E-state index is 14.9. The molecule has 2 aliphatic rings. The Morgan fingerprint density at radius 1 is 1.22 bits per heavy atom. The van der Waals surface area contributed by atoms with Crippen LogP contribution in [0.25, 0.3) is 0 Å². The highest BCUT2D eigenvalue weighted by atomic mass is 19.1. The zero-order valence-corrected chi connectivity index (χ0v) is 19.2. The molecule has 3 rings (SSSR count). The Labute approximate surface area is 189 Å². The molecule has 0 saturated carbocycles. The molecule has 0 bridgehead atoms. The molecule has 0 aromatic heterocycles. The van der Waals surface area contributed by atoms with Crippen molar-refractivity contribution in [3.63, 3.8) is 0 Å². The van der Waals surface area contributed by atoms with Gasteiger partial charge in [-0.15, -0.1) is 0 Å². The van der Waals surface area contributed by atoms with Gasteiger partial charge in [0, 0.05) is 45.3 Å². The third kappa shape index (κ3) is 5.72. The summed E-state index contributed by atoms with van der Waals surface area (Å²) in [5.74, 6) is -0.234. The highest BCUT2D eigenvalue weighted by Crippen LogP contribution is 2.26. The van der Waals surface area contributed by atoms with Crippen LogP contribution in [0.15, 0.2) is 12.1 Å². The van der Waals surface area contributed by atoms with E-state index in [0.717, 1.165) is 51.5 Å². The fourth-order valence-electron chi connectivity index (χ4n) is 4.69. The van der Waals surface area contributed by atoms with E-state index in [9.17, 15) is 18.8 Å². The quantitative estimate of drug-likeness (QED) is 0.587. The van der Waals surface area contributed by atoms with Crippen molar-refractivity contribution in [2.45, 2.75) is 38.6 Å². The van der Waals surface area contributed by atoms with E-state index >= 15 is 0 Å². The number of carbonyl (C=O) groups excluding carboxylic acids is 3. The van der Waals surface area contributed by atoms with E-state index in [1.54, 1.807) is 7.05 Å². The summed E-state index contributed by atoms with van der Waals surface area (Å²) in [4.78, 5) is 41.8. The van der Waals surface area contributed by atoms with Crippen LogP contribution in [0.4, 0.5) is 10.1 Å². The molecule has 1 aromatic rings. The van der Waals surface area contributed by atoms with Gasteiger partial charge < -0.3 is 19.9 Å². The minimum absolute atomic E-state index is 0.00814. The van der Waals surface area contributed by atoms with E-state index in [-0.39, 0.29) is 11.1 Å². The number of carbonyl (C=O) groups is 3. The number of likely N-dealkylation sites (N-methyl/N-ethyl adjacent to an activating group) is 1. The summed E-state index contributed by atoms with van der Waals surface area (Å²) in [6.45, 7) is 8.17. The summed E-state index contributed by atoms with van der Waals surface area (Å²) in [6, 6.07) is 2.05. The van der Waals surface area contributed by atoms with Gasteiger partial charge in [-0.2, -0.15) is 0 Å². The lowest BCUT2D eigenvalue weighted by molar-refractivity contribution is -0.111. The number of aldehydes is 2. The number of rotatable bonds is 9. The van der Waals surface area contributed by atoms with Crippen LogP contribution in [0.2, 0.25) is 0 Å². The van der Waals surface area contributed by atoms with Crippen LogP contribution in [0.5, 0.6) is 0 Å². The zero-order valence-electron chi connectivity index (χ0n) is 19.2.